The van der Waals surface area contributed by atoms with Crippen molar-refractivity contribution in [2.24, 2.45) is 11.8 Å². The molecule has 0 aliphatic carbocycles. The molecule has 14 heteroatoms. The summed E-state index contributed by atoms with van der Waals surface area (Å²) in [7, 11) is 0. The Kier molecular flexibility index (Phi) is 16.0. The second kappa shape index (κ2) is 18.6. The minimum absolute atomic E-state index is 0.0320. The van der Waals surface area contributed by atoms with Crippen molar-refractivity contribution in [3.8, 4) is 0 Å². The van der Waals surface area contributed by atoms with Crippen molar-refractivity contribution in [1.29, 1.82) is 0 Å². The second-order valence-corrected chi connectivity index (χ2v) is 11.3. The fraction of sp³-hybridized carbons (Fsp3) is 0.828. The van der Waals surface area contributed by atoms with E-state index in [9.17, 15) is 39.9 Å². The summed E-state index contributed by atoms with van der Waals surface area (Å²) in [5.74, 6) is -3.64. The van der Waals surface area contributed by atoms with E-state index in [1.165, 1.54) is 0 Å². The zero-order valence-electron chi connectivity index (χ0n) is 25.5. The molecule has 2 rings (SSSR count). The third-order valence-corrected chi connectivity index (χ3v) is 7.58. The molecule has 0 radical (unpaired) electrons. The summed E-state index contributed by atoms with van der Waals surface area (Å²) in [5.41, 5.74) is 0. The molecular formula is C29H50N2O12. The Morgan fingerprint density at radius 2 is 1.56 bits per heavy atom. The molecule has 248 valence electrons. The highest BCUT2D eigenvalue weighted by Crippen LogP contribution is 2.34. The molecule has 0 bridgehead atoms. The molecule has 43 heavy (non-hydrogen) atoms. The minimum Gasteiger partial charge on any atom is -0.479 e. The predicted molar refractivity (Wildman–Crippen MR) is 153 cm³/mol. The van der Waals surface area contributed by atoms with Gasteiger partial charge in [-0.3, -0.25) is 9.59 Å². The molecule has 2 amide bonds. The lowest BCUT2D eigenvalue weighted by Crippen LogP contribution is -2.65. The first-order valence-corrected chi connectivity index (χ1v) is 15.1. The molecule has 2 fully saturated rings. The third kappa shape index (κ3) is 10.7. The van der Waals surface area contributed by atoms with Crippen LogP contribution in [-0.4, -0.2) is 125 Å². The van der Waals surface area contributed by atoms with E-state index in [1.807, 2.05) is 6.08 Å². The van der Waals surface area contributed by atoms with Crippen molar-refractivity contribution >= 4 is 17.8 Å². The van der Waals surface area contributed by atoms with Crippen molar-refractivity contribution in [3.05, 3.63) is 12.2 Å². The van der Waals surface area contributed by atoms with Crippen LogP contribution in [0.15, 0.2) is 12.2 Å². The van der Waals surface area contributed by atoms with Gasteiger partial charge in [0.1, 0.15) is 37.1 Å². The lowest BCUT2D eigenvalue weighted by molar-refractivity contribution is -0.328. The Labute approximate surface area is 252 Å². The molecule has 10 unspecified atom stereocenters. The first-order valence-electron chi connectivity index (χ1n) is 15.1. The van der Waals surface area contributed by atoms with Crippen LogP contribution in [0.2, 0.25) is 0 Å². The molecule has 0 spiro atoms. The number of rotatable bonds is 17. The van der Waals surface area contributed by atoms with Crippen LogP contribution in [0.1, 0.15) is 59.8 Å². The third-order valence-electron chi connectivity index (χ3n) is 7.58. The van der Waals surface area contributed by atoms with Crippen LogP contribution in [0.25, 0.3) is 0 Å². The highest BCUT2D eigenvalue weighted by molar-refractivity contribution is 5.81. The summed E-state index contributed by atoms with van der Waals surface area (Å²) in [6.45, 7) is 7.61. The average Bonchev–Trinajstić information content (AvgIpc) is 2.96. The molecule has 10 atom stereocenters. The number of unbranched alkanes of at least 4 members (excludes halogenated alkanes) is 2. The van der Waals surface area contributed by atoms with Gasteiger partial charge in [-0.1, -0.05) is 52.7 Å². The van der Waals surface area contributed by atoms with E-state index in [-0.39, 0.29) is 37.9 Å². The molecule has 2 saturated heterocycles. The van der Waals surface area contributed by atoms with Crippen LogP contribution in [0.4, 0.5) is 0 Å². The maximum Gasteiger partial charge on any atom is 0.335 e. The van der Waals surface area contributed by atoms with E-state index in [0.29, 0.717) is 13.0 Å². The van der Waals surface area contributed by atoms with Crippen LogP contribution in [0, 0.1) is 11.8 Å². The zero-order valence-corrected chi connectivity index (χ0v) is 25.5. The van der Waals surface area contributed by atoms with E-state index in [1.54, 1.807) is 20.8 Å². The molecule has 2 heterocycles. The van der Waals surface area contributed by atoms with Crippen molar-refractivity contribution in [3.63, 3.8) is 0 Å². The average molecular weight is 619 g/mol. The van der Waals surface area contributed by atoms with E-state index < -0.39 is 72.9 Å². The molecule has 0 aromatic heterocycles. The zero-order chi connectivity index (χ0) is 32.1. The Morgan fingerprint density at radius 1 is 0.884 bits per heavy atom. The summed E-state index contributed by atoms with van der Waals surface area (Å²) in [6.07, 6.45) is -5.46. The molecule has 2 aliphatic heterocycles. The van der Waals surface area contributed by atoms with E-state index in [2.05, 4.69) is 23.6 Å². The smallest absolute Gasteiger partial charge is 0.335 e. The van der Waals surface area contributed by atoms with Gasteiger partial charge in [0.2, 0.25) is 11.8 Å². The highest BCUT2D eigenvalue weighted by atomic mass is 16.7. The maximum absolute atomic E-state index is 13.0. The molecule has 2 aliphatic rings. The lowest BCUT2D eigenvalue weighted by Gasteiger charge is -2.46. The van der Waals surface area contributed by atoms with Gasteiger partial charge in [-0.15, -0.1) is 0 Å². The minimum atomic E-state index is -1.72. The Balaban J connectivity index is 1.91. The van der Waals surface area contributed by atoms with Gasteiger partial charge in [0, 0.05) is 19.0 Å². The van der Waals surface area contributed by atoms with Crippen LogP contribution in [-0.2, 0) is 33.3 Å². The van der Waals surface area contributed by atoms with Crippen LogP contribution < -0.4 is 10.6 Å². The first kappa shape index (κ1) is 37.0. The van der Waals surface area contributed by atoms with Crippen molar-refractivity contribution in [2.45, 2.75) is 115 Å². The number of aliphatic carboxylic acids is 1. The Hall–Kier alpha value is -2.17. The molecular weight excluding hydrogens is 568 g/mol. The van der Waals surface area contributed by atoms with Gasteiger partial charge in [-0.2, -0.15) is 0 Å². The summed E-state index contributed by atoms with van der Waals surface area (Å²) in [4.78, 5) is 36.9. The van der Waals surface area contributed by atoms with Crippen LogP contribution in [0.3, 0.4) is 0 Å². The monoisotopic (exact) mass is 618 g/mol. The molecule has 7 N–H and O–H groups in total. The lowest BCUT2D eigenvalue weighted by atomic mass is 9.86. The van der Waals surface area contributed by atoms with E-state index in [0.717, 1.165) is 19.3 Å². The molecule has 0 aromatic rings. The number of amides is 2. The van der Waals surface area contributed by atoms with Crippen LogP contribution >= 0.6 is 0 Å². The van der Waals surface area contributed by atoms with Gasteiger partial charge in [0.15, 0.2) is 12.4 Å². The number of nitrogens with one attached hydrogen (secondary N) is 2. The number of carboxylic acid groups (broad SMARTS) is 1. The number of ether oxygens (including phenoxy) is 4. The Morgan fingerprint density at radius 3 is 2.19 bits per heavy atom. The van der Waals surface area contributed by atoms with Crippen LogP contribution in [0.5, 0.6) is 0 Å². The number of allylic oxidation sites excluding steroid dienone is 1. The van der Waals surface area contributed by atoms with Gasteiger partial charge in [0.25, 0.3) is 0 Å². The number of carbonyl (C=O) groups is 3. The van der Waals surface area contributed by atoms with Gasteiger partial charge in [0.05, 0.1) is 18.8 Å². The highest BCUT2D eigenvalue weighted by Gasteiger charge is 2.53. The topological polar surface area (TPSA) is 213 Å². The van der Waals surface area contributed by atoms with Crippen molar-refractivity contribution in [1.82, 2.24) is 10.6 Å². The first-order chi connectivity index (χ1) is 20.4. The number of aliphatic hydroxyl groups excluding tert-OH is 4. The summed E-state index contributed by atoms with van der Waals surface area (Å²) in [5, 5.41) is 57.6. The normalized spacial score (nSPS) is 33.0. The van der Waals surface area contributed by atoms with Gasteiger partial charge >= 0.3 is 5.97 Å². The molecule has 0 aromatic carbocycles. The van der Waals surface area contributed by atoms with Gasteiger partial charge in [-0.05, 0) is 25.2 Å². The molecule has 0 saturated carbocycles. The number of aliphatic hydroxyl groups is 4. The summed E-state index contributed by atoms with van der Waals surface area (Å²) in [6, 6.07) is 0. The van der Waals surface area contributed by atoms with E-state index >= 15 is 0 Å². The largest absolute Gasteiger partial charge is 0.479 e. The predicted octanol–water partition coefficient (Wildman–Crippen LogP) is -0.540. The number of carboxylic acids is 1. The van der Waals surface area contributed by atoms with Crippen molar-refractivity contribution < 1.29 is 58.9 Å². The molecule has 14 nitrogen and oxygen atoms in total. The second-order valence-electron chi connectivity index (χ2n) is 11.3. The van der Waals surface area contributed by atoms with Gasteiger partial charge in [-0.25, -0.2) is 4.79 Å². The van der Waals surface area contributed by atoms with E-state index in [4.69, 9.17) is 18.9 Å². The fourth-order valence-electron chi connectivity index (χ4n) is 5.11. The number of hydrogen-bond acceptors (Lipinski definition) is 11. The fourth-order valence-corrected chi connectivity index (χ4v) is 5.11. The SMILES string of the molecule is CCCC/C=C/CCOCC(=O)NCCNC(=O)C1OC(OC2C(C(=O)O)OC(C(C)C)C(O)C2O)C(O)C(O)C1CC. The summed E-state index contributed by atoms with van der Waals surface area (Å²) >= 11 is 0. The summed E-state index contributed by atoms with van der Waals surface area (Å²) < 4.78 is 22.2. The number of carbonyl (C=O) groups excluding carboxylic acids is 2. The maximum atomic E-state index is 13.0. The quantitative estimate of drug-likeness (QED) is 0.0809. The van der Waals surface area contributed by atoms with Crippen molar-refractivity contribution in [2.75, 3.05) is 26.3 Å². The van der Waals surface area contributed by atoms with Gasteiger partial charge < -0.3 is 55.1 Å². The number of hydrogen-bond donors (Lipinski definition) is 7. The standard InChI is InChI=1S/C29H50N2O12/c1-5-7-8-9-10-11-14-40-15-18(32)30-12-13-31-27(37)24-17(6-2)19(33)22(36)29(42-24)43-25-21(35)20(34)23(16(3)4)41-26(25)28(38)39/h9-10,16-17,19-26,29,33-36H,5-8,11-15H2,1-4H3,(H,30,32)(H,31,37)(H,38,39)/b10-9+. The Bertz CT molecular complexity index is 903.